The van der Waals surface area contributed by atoms with Crippen molar-refractivity contribution in [2.75, 3.05) is 40.5 Å². The third-order valence-corrected chi connectivity index (χ3v) is 4.16. The van der Waals surface area contributed by atoms with E-state index in [1.165, 1.54) is 25.7 Å². The SMILES string of the molecule is COCCCN(C)CC1(CO)CCC(C)CC1. The third kappa shape index (κ3) is 4.94. The van der Waals surface area contributed by atoms with Gasteiger partial charge in [0.25, 0.3) is 0 Å². The third-order valence-electron chi connectivity index (χ3n) is 4.16. The van der Waals surface area contributed by atoms with Crippen molar-refractivity contribution in [3.05, 3.63) is 0 Å². The Bertz CT molecular complexity index is 200. The molecule has 0 radical (unpaired) electrons. The van der Waals surface area contributed by atoms with E-state index in [-0.39, 0.29) is 5.41 Å². The quantitative estimate of drug-likeness (QED) is 0.695. The van der Waals surface area contributed by atoms with Crippen LogP contribution in [0.1, 0.15) is 39.0 Å². The smallest absolute Gasteiger partial charge is 0.0499 e. The second kappa shape index (κ2) is 7.34. The molecule has 0 aromatic rings. The van der Waals surface area contributed by atoms with Crippen LogP contribution in [0.2, 0.25) is 0 Å². The molecule has 102 valence electrons. The van der Waals surface area contributed by atoms with Crippen LogP contribution in [0.25, 0.3) is 0 Å². The molecule has 1 aliphatic rings. The lowest BCUT2D eigenvalue weighted by molar-refractivity contribution is 0.0346. The Morgan fingerprint density at radius 1 is 1.35 bits per heavy atom. The van der Waals surface area contributed by atoms with E-state index in [9.17, 15) is 5.11 Å². The van der Waals surface area contributed by atoms with Gasteiger partial charge in [0, 0.05) is 38.8 Å². The Morgan fingerprint density at radius 2 is 2.00 bits per heavy atom. The predicted octanol–water partition coefficient (Wildman–Crippen LogP) is 2.14. The summed E-state index contributed by atoms with van der Waals surface area (Å²) in [7, 11) is 3.91. The topological polar surface area (TPSA) is 32.7 Å². The minimum atomic E-state index is 0.161. The first-order chi connectivity index (χ1) is 8.12. The molecular formula is C14H29NO2. The lowest BCUT2D eigenvalue weighted by Crippen LogP contribution is -2.41. The van der Waals surface area contributed by atoms with Crippen LogP contribution < -0.4 is 0 Å². The van der Waals surface area contributed by atoms with Crippen LogP contribution in [0.3, 0.4) is 0 Å². The molecule has 3 nitrogen and oxygen atoms in total. The van der Waals surface area contributed by atoms with E-state index in [0.717, 1.165) is 32.0 Å². The molecular weight excluding hydrogens is 214 g/mol. The fourth-order valence-corrected chi connectivity index (χ4v) is 2.87. The molecule has 0 heterocycles. The molecule has 0 saturated heterocycles. The van der Waals surface area contributed by atoms with E-state index in [0.29, 0.717) is 6.61 Å². The molecule has 1 aliphatic carbocycles. The number of methoxy groups -OCH3 is 1. The highest BCUT2D eigenvalue weighted by molar-refractivity contribution is 4.86. The fourth-order valence-electron chi connectivity index (χ4n) is 2.87. The van der Waals surface area contributed by atoms with Crippen molar-refractivity contribution in [1.29, 1.82) is 0 Å². The first kappa shape index (κ1) is 14.9. The Kier molecular flexibility index (Phi) is 6.45. The molecule has 0 unspecified atom stereocenters. The maximum absolute atomic E-state index is 9.70. The molecule has 1 rings (SSSR count). The first-order valence-corrected chi connectivity index (χ1v) is 6.90. The Morgan fingerprint density at radius 3 is 2.53 bits per heavy atom. The second-order valence-corrected chi connectivity index (χ2v) is 5.92. The van der Waals surface area contributed by atoms with Gasteiger partial charge in [-0.15, -0.1) is 0 Å². The van der Waals surface area contributed by atoms with Gasteiger partial charge in [0.15, 0.2) is 0 Å². The van der Waals surface area contributed by atoms with Crippen LogP contribution in [0, 0.1) is 11.3 Å². The monoisotopic (exact) mass is 243 g/mol. The van der Waals surface area contributed by atoms with E-state index in [2.05, 4.69) is 18.9 Å². The van der Waals surface area contributed by atoms with Crippen LogP contribution in [0.15, 0.2) is 0 Å². The molecule has 0 aromatic heterocycles. The Labute approximate surface area is 106 Å². The molecule has 17 heavy (non-hydrogen) atoms. The van der Waals surface area contributed by atoms with Gasteiger partial charge in [-0.3, -0.25) is 0 Å². The summed E-state index contributed by atoms with van der Waals surface area (Å²) in [6.07, 6.45) is 5.97. The first-order valence-electron chi connectivity index (χ1n) is 6.90. The molecule has 0 aliphatic heterocycles. The average molecular weight is 243 g/mol. The van der Waals surface area contributed by atoms with Gasteiger partial charge >= 0.3 is 0 Å². The highest BCUT2D eigenvalue weighted by atomic mass is 16.5. The van der Waals surface area contributed by atoms with Gasteiger partial charge in [-0.25, -0.2) is 0 Å². The molecule has 1 saturated carbocycles. The molecule has 1 N–H and O–H groups in total. The number of hydrogen-bond acceptors (Lipinski definition) is 3. The van der Waals surface area contributed by atoms with Gasteiger partial charge in [-0.2, -0.15) is 0 Å². The van der Waals surface area contributed by atoms with Crippen molar-refractivity contribution < 1.29 is 9.84 Å². The highest BCUT2D eigenvalue weighted by Gasteiger charge is 2.34. The summed E-state index contributed by atoms with van der Waals surface area (Å²) < 4.78 is 5.07. The summed E-state index contributed by atoms with van der Waals surface area (Å²) in [6.45, 7) is 5.58. The summed E-state index contributed by atoms with van der Waals surface area (Å²) in [5.74, 6) is 0.841. The molecule has 0 amide bonds. The minimum Gasteiger partial charge on any atom is -0.396 e. The number of ether oxygens (including phenoxy) is 1. The van der Waals surface area contributed by atoms with E-state index in [1.807, 2.05) is 0 Å². The van der Waals surface area contributed by atoms with Crippen molar-refractivity contribution in [1.82, 2.24) is 4.90 Å². The summed E-state index contributed by atoms with van der Waals surface area (Å²) in [6, 6.07) is 0. The van der Waals surface area contributed by atoms with Gasteiger partial charge in [0.2, 0.25) is 0 Å². The van der Waals surface area contributed by atoms with Crippen molar-refractivity contribution in [2.45, 2.75) is 39.0 Å². The van der Waals surface area contributed by atoms with Gasteiger partial charge in [0.1, 0.15) is 0 Å². The van der Waals surface area contributed by atoms with E-state index in [4.69, 9.17) is 4.74 Å². The lowest BCUT2D eigenvalue weighted by atomic mass is 9.71. The molecule has 0 spiro atoms. The maximum atomic E-state index is 9.70. The van der Waals surface area contributed by atoms with E-state index < -0.39 is 0 Å². The number of nitrogens with zero attached hydrogens (tertiary/aromatic N) is 1. The zero-order valence-electron chi connectivity index (χ0n) is 11.7. The fraction of sp³-hybridized carbons (Fsp3) is 1.00. The Hall–Kier alpha value is -0.120. The zero-order valence-corrected chi connectivity index (χ0v) is 11.7. The van der Waals surface area contributed by atoms with Crippen LogP contribution >= 0.6 is 0 Å². The second-order valence-electron chi connectivity index (χ2n) is 5.92. The van der Waals surface area contributed by atoms with Crippen molar-refractivity contribution in [3.8, 4) is 0 Å². The molecule has 0 bridgehead atoms. The lowest BCUT2D eigenvalue weighted by Gasteiger charge is -2.40. The minimum absolute atomic E-state index is 0.161. The number of rotatable bonds is 7. The molecule has 1 fully saturated rings. The standard InChI is InChI=1S/C14H29NO2/c1-13-5-7-14(12-16,8-6-13)11-15(2)9-4-10-17-3/h13,16H,4-12H2,1-3H3. The van der Waals surface area contributed by atoms with Crippen molar-refractivity contribution in [3.63, 3.8) is 0 Å². The zero-order chi connectivity index (χ0) is 12.7. The predicted molar refractivity (Wildman–Crippen MR) is 71.1 cm³/mol. The van der Waals surface area contributed by atoms with Crippen LogP contribution in [-0.2, 0) is 4.74 Å². The van der Waals surface area contributed by atoms with Gasteiger partial charge in [-0.05, 0) is 32.2 Å². The molecule has 0 aromatic carbocycles. The highest BCUT2D eigenvalue weighted by Crippen LogP contribution is 2.38. The molecule has 3 heteroatoms. The summed E-state index contributed by atoms with van der Waals surface area (Å²) in [5.41, 5.74) is 0.161. The van der Waals surface area contributed by atoms with Gasteiger partial charge in [0.05, 0.1) is 0 Å². The number of aliphatic hydroxyl groups excluding tert-OH is 1. The van der Waals surface area contributed by atoms with Crippen molar-refractivity contribution >= 4 is 0 Å². The summed E-state index contributed by atoms with van der Waals surface area (Å²) in [4.78, 5) is 2.35. The maximum Gasteiger partial charge on any atom is 0.0499 e. The molecule has 0 atom stereocenters. The van der Waals surface area contributed by atoms with Crippen molar-refractivity contribution in [2.24, 2.45) is 11.3 Å². The van der Waals surface area contributed by atoms with E-state index in [1.54, 1.807) is 7.11 Å². The average Bonchev–Trinajstić information content (AvgIpc) is 2.33. The number of hydrogen-bond donors (Lipinski definition) is 1. The summed E-state index contributed by atoms with van der Waals surface area (Å²) >= 11 is 0. The van der Waals surface area contributed by atoms with Crippen LogP contribution in [0.5, 0.6) is 0 Å². The normalized spacial score (nSPS) is 29.8. The largest absolute Gasteiger partial charge is 0.396 e. The van der Waals surface area contributed by atoms with Gasteiger partial charge in [-0.1, -0.05) is 19.8 Å². The van der Waals surface area contributed by atoms with Gasteiger partial charge < -0.3 is 14.7 Å². The summed E-state index contributed by atoms with van der Waals surface area (Å²) in [5, 5.41) is 9.70. The van der Waals surface area contributed by atoms with Crippen LogP contribution in [0.4, 0.5) is 0 Å². The number of aliphatic hydroxyl groups is 1. The Balaban J connectivity index is 2.34. The van der Waals surface area contributed by atoms with Crippen LogP contribution in [-0.4, -0.2) is 50.5 Å². The van der Waals surface area contributed by atoms with E-state index >= 15 is 0 Å².